The summed E-state index contributed by atoms with van der Waals surface area (Å²) in [5.74, 6) is -0.786. The number of hydrogen-bond donors (Lipinski definition) is 1. The number of benzene rings is 4. The number of amides is 2. The molecule has 4 aromatic carbocycles. The maximum atomic E-state index is 14.5. The molecule has 4 rings (SSSR count). The number of carbonyl (C=O) groups excluding carboxylic acids is 2. The minimum Gasteiger partial charge on any atom is -0.495 e. The first-order valence-corrected chi connectivity index (χ1v) is 16.1. The molecule has 0 spiro atoms. The predicted molar refractivity (Wildman–Crippen MR) is 174 cm³/mol. The van der Waals surface area contributed by atoms with Gasteiger partial charge >= 0.3 is 0 Å². The second-order valence-corrected chi connectivity index (χ2v) is 12.5. The molecule has 0 heterocycles. The summed E-state index contributed by atoms with van der Waals surface area (Å²) in [5.41, 5.74) is 1.41. The van der Waals surface area contributed by atoms with Gasteiger partial charge in [-0.05, 0) is 48.9 Å². The van der Waals surface area contributed by atoms with Gasteiger partial charge in [0.05, 0.1) is 17.7 Å². The number of halogens is 2. The highest BCUT2D eigenvalue weighted by Crippen LogP contribution is 2.33. The Morgan fingerprint density at radius 2 is 1.43 bits per heavy atom. The number of carbonyl (C=O) groups is 2. The van der Waals surface area contributed by atoms with Gasteiger partial charge < -0.3 is 15.0 Å². The van der Waals surface area contributed by atoms with Crippen LogP contribution in [0.4, 0.5) is 5.69 Å². The zero-order valence-electron chi connectivity index (χ0n) is 24.3. The van der Waals surface area contributed by atoms with Crippen LogP contribution < -0.4 is 14.4 Å². The van der Waals surface area contributed by atoms with Crippen molar-refractivity contribution >= 4 is 50.7 Å². The lowest BCUT2D eigenvalue weighted by Gasteiger charge is -2.34. The molecule has 0 fully saturated rings. The number of para-hydroxylation sites is 2. The van der Waals surface area contributed by atoms with Crippen LogP contribution in [0.3, 0.4) is 0 Å². The van der Waals surface area contributed by atoms with E-state index < -0.39 is 34.4 Å². The molecule has 1 atom stereocenters. The summed E-state index contributed by atoms with van der Waals surface area (Å²) in [7, 11) is -2.85. The third kappa shape index (κ3) is 7.72. The van der Waals surface area contributed by atoms with Gasteiger partial charge in [-0.2, -0.15) is 0 Å². The first kappa shape index (κ1) is 32.9. The number of hydrogen-bond acceptors (Lipinski definition) is 5. The average Bonchev–Trinajstić information content (AvgIpc) is 3.03. The summed E-state index contributed by atoms with van der Waals surface area (Å²) < 4.78 is 34.7. The van der Waals surface area contributed by atoms with Gasteiger partial charge in [0.1, 0.15) is 18.3 Å². The summed E-state index contributed by atoms with van der Waals surface area (Å²) in [6.07, 6.45) is 0.167. The molecule has 1 N–H and O–H groups in total. The number of nitrogens with one attached hydrogen (secondary N) is 1. The van der Waals surface area contributed by atoms with E-state index in [1.54, 1.807) is 67.6 Å². The van der Waals surface area contributed by atoms with Crippen molar-refractivity contribution in [3.63, 3.8) is 0 Å². The number of nitrogens with zero attached hydrogens (tertiary/aromatic N) is 2. The van der Waals surface area contributed by atoms with E-state index in [0.29, 0.717) is 22.2 Å². The van der Waals surface area contributed by atoms with Crippen LogP contribution in [0, 0.1) is 0 Å². The van der Waals surface area contributed by atoms with E-state index in [4.69, 9.17) is 27.9 Å². The van der Waals surface area contributed by atoms with Gasteiger partial charge in [-0.1, -0.05) is 89.9 Å². The van der Waals surface area contributed by atoms with Crippen LogP contribution in [0.25, 0.3) is 0 Å². The maximum Gasteiger partial charge on any atom is 0.264 e. The van der Waals surface area contributed by atoms with Crippen LogP contribution in [0.1, 0.15) is 18.1 Å². The van der Waals surface area contributed by atoms with Gasteiger partial charge in [0.15, 0.2) is 0 Å². The molecule has 0 saturated carbocycles. The molecule has 2 amide bonds. The number of rotatable bonds is 13. The Labute approximate surface area is 268 Å². The number of methoxy groups -OCH3 is 1. The second-order valence-electron chi connectivity index (χ2n) is 9.82. The Morgan fingerprint density at radius 1 is 0.841 bits per heavy atom. The molecule has 1 unspecified atom stereocenters. The molecule has 0 aliphatic rings. The van der Waals surface area contributed by atoms with E-state index in [-0.39, 0.29) is 29.3 Å². The van der Waals surface area contributed by atoms with Crippen LogP contribution in [0.15, 0.2) is 108 Å². The molecule has 0 aromatic heterocycles. The predicted octanol–water partition coefficient (Wildman–Crippen LogP) is 5.97. The minimum atomic E-state index is -4.27. The SMILES string of the molecule is CCNC(=O)C(Cc1ccccc1)N(Cc1c(Cl)cccc1Cl)C(=O)CN(c1ccccc1OC)S(=O)(=O)c1ccccc1. The summed E-state index contributed by atoms with van der Waals surface area (Å²) in [6, 6.07) is 27.6. The van der Waals surface area contributed by atoms with Gasteiger partial charge in [0.2, 0.25) is 11.8 Å². The van der Waals surface area contributed by atoms with E-state index >= 15 is 0 Å². The van der Waals surface area contributed by atoms with Gasteiger partial charge in [0.25, 0.3) is 10.0 Å². The first-order chi connectivity index (χ1) is 21.2. The molecule has 0 aliphatic carbocycles. The fraction of sp³-hybridized carbons (Fsp3) is 0.212. The Morgan fingerprint density at radius 3 is 2.05 bits per heavy atom. The molecule has 230 valence electrons. The molecule has 4 aromatic rings. The van der Waals surface area contributed by atoms with Crippen molar-refractivity contribution in [2.45, 2.75) is 30.8 Å². The smallest absolute Gasteiger partial charge is 0.264 e. The lowest BCUT2D eigenvalue weighted by molar-refractivity contribution is -0.140. The number of likely N-dealkylation sites (N-methyl/N-ethyl adjacent to an activating group) is 1. The summed E-state index contributed by atoms with van der Waals surface area (Å²) in [6.45, 7) is 1.33. The van der Waals surface area contributed by atoms with Crippen LogP contribution in [-0.4, -0.2) is 51.4 Å². The van der Waals surface area contributed by atoms with Crippen LogP contribution in [0.2, 0.25) is 10.0 Å². The fourth-order valence-electron chi connectivity index (χ4n) is 4.77. The Kier molecular flexibility index (Phi) is 11.3. The Balaban J connectivity index is 1.85. The molecule has 8 nitrogen and oxygen atoms in total. The molecular formula is C33H33Cl2N3O5S. The molecule has 0 aliphatic heterocycles. The lowest BCUT2D eigenvalue weighted by Crippen LogP contribution is -2.53. The van der Waals surface area contributed by atoms with Gasteiger partial charge in [-0.15, -0.1) is 0 Å². The zero-order valence-corrected chi connectivity index (χ0v) is 26.6. The van der Waals surface area contributed by atoms with Crippen LogP contribution in [-0.2, 0) is 32.6 Å². The minimum absolute atomic E-state index is 0.0102. The average molecular weight is 655 g/mol. The highest BCUT2D eigenvalue weighted by molar-refractivity contribution is 7.92. The highest BCUT2D eigenvalue weighted by atomic mass is 35.5. The number of ether oxygens (including phenoxy) is 1. The topological polar surface area (TPSA) is 96.0 Å². The molecule has 0 bridgehead atoms. The van der Waals surface area contributed by atoms with Gasteiger partial charge in [-0.3, -0.25) is 13.9 Å². The second kappa shape index (κ2) is 15.1. The van der Waals surface area contributed by atoms with Crippen LogP contribution in [0.5, 0.6) is 5.75 Å². The van der Waals surface area contributed by atoms with E-state index in [9.17, 15) is 18.0 Å². The van der Waals surface area contributed by atoms with Crippen molar-refractivity contribution in [3.8, 4) is 5.75 Å². The van der Waals surface area contributed by atoms with Crippen molar-refractivity contribution in [1.29, 1.82) is 0 Å². The van der Waals surface area contributed by atoms with Gasteiger partial charge in [-0.25, -0.2) is 8.42 Å². The standard InChI is InChI=1S/C33H33Cl2N3O5S/c1-3-36-33(40)30(21-24-13-6-4-7-14-24)37(22-26-27(34)17-12-18-28(26)35)32(39)23-38(29-19-10-11-20-31(29)43-2)44(41,42)25-15-8-5-9-16-25/h4-20,30H,3,21-23H2,1-2H3,(H,36,40). The molecule has 0 radical (unpaired) electrons. The van der Waals surface area contributed by atoms with Crippen LogP contribution >= 0.6 is 23.2 Å². The highest BCUT2D eigenvalue weighted by Gasteiger charge is 2.35. The quantitative estimate of drug-likeness (QED) is 0.192. The van der Waals surface area contributed by atoms with Crippen molar-refractivity contribution in [3.05, 3.63) is 124 Å². The summed E-state index contributed by atoms with van der Waals surface area (Å²) >= 11 is 13.1. The lowest BCUT2D eigenvalue weighted by atomic mass is 10.0. The van der Waals surface area contributed by atoms with E-state index in [0.717, 1.165) is 9.87 Å². The first-order valence-electron chi connectivity index (χ1n) is 13.9. The fourth-order valence-corrected chi connectivity index (χ4v) is 6.73. The van der Waals surface area contributed by atoms with Crippen molar-refractivity contribution in [2.24, 2.45) is 0 Å². The molecular weight excluding hydrogens is 621 g/mol. The monoisotopic (exact) mass is 653 g/mol. The molecule has 0 saturated heterocycles. The van der Waals surface area contributed by atoms with Crippen molar-refractivity contribution in [2.75, 3.05) is 24.5 Å². The van der Waals surface area contributed by atoms with E-state index in [1.807, 2.05) is 30.3 Å². The molecule has 44 heavy (non-hydrogen) atoms. The van der Waals surface area contributed by atoms with Gasteiger partial charge in [0, 0.05) is 35.1 Å². The van der Waals surface area contributed by atoms with Crippen molar-refractivity contribution in [1.82, 2.24) is 10.2 Å². The number of anilines is 1. The zero-order chi connectivity index (χ0) is 31.7. The Bertz CT molecular complexity index is 1670. The normalized spacial score (nSPS) is 11.8. The number of sulfonamides is 1. The maximum absolute atomic E-state index is 14.5. The van der Waals surface area contributed by atoms with E-state index in [2.05, 4.69) is 5.32 Å². The third-order valence-electron chi connectivity index (χ3n) is 6.98. The van der Waals surface area contributed by atoms with Crippen molar-refractivity contribution < 1.29 is 22.7 Å². The molecule has 11 heteroatoms. The van der Waals surface area contributed by atoms with E-state index in [1.165, 1.54) is 24.1 Å². The largest absolute Gasteiger partial charge is 0.495 e. The summed E-state index contributed by atoms with van der Waals surface area (Å²) in [5, 5.41) is 3.44. The Hall–Kier alpha value is -4.05. The third-order valence-corrected chi connectivity index (χ3v) is 9.46. The summed E-state index contributed by atoms with van der Waals surface area (Å²) in [4.78, 5) is 29.4.